The smallest absolute Gasteiger partial charge is 0.338 e. The molecule has 31 heavy (non-hydrogen) atoms. The Morgan fingerprint density at radius 2 is 1.90 bits per heavy atom. The molecule has 3 rings (SSSR count). The summed E-state index contributed by atoms with van der Waals surface area (Å²) < 4.78 is 37.7. The molecule has 1 aromatic carbocycles. The Hall–Kier alpha value is -1.97. The Morgan fingerprint density at radius 1 is 1.19 bits per heavy atom. The summed E-state index contributed by atoms with van der Waals surface area (Å²) in [4.78, 5) is 24.8. The number of nitrogens with one attached hydrogen (secondary N) is 1. The summed E-state index contributed by atoms with van der Waals surface area (Å²) in [6.07, 6.45) is 3.15. The van der Waals surface area contributed by atoms with E-state index in [-0.39, 0.29) is 35.5 Å². The van der Waals surface area contributed by atoms with Gasteiger partial charge in [-0.05, 0) is 42.9 Å². The number of sulfonamides is 1. The minimum absolute atomic E-state index is 0.0679. The second-order valence-electron chi connectivity index (χ2n) is 8.51. The van der Waals surface area contributed by atoms with Gasteiger partial charge in [0.15, 0.2) is 6.61 Å². The number of hydrogen-bond acceptors (Lipinski definition) is 6. The van der Waals surface area contributed by atoms with Crippen LogP contribution in [0.5, 0.6) is 0 Å². The number of morpholine rings is 1. The number of rotatable bonds is 6. The Bertz CT molecular complexity index is 911. The van der Waals surface area contributed by atoms with Gasteiger partial charge in [0.25, 0.3) is 5.91 Å². The van der Waals surface area contributed by atoms with Gasteiger partial charge in [-0.15, -0.1) is 0 Å². The van der Waals surface area contributed by atoms with E-state index in [1.165, 1.54) is 16.4 Å². The molecule has 1 heterocycles. The Morgan fingerprint density at radius 3 is 2.61 bits per heavy atom. The molecule has 0 spiro atoms. The second-order valence-corrected chi connectivity index (χ2v) is 10.4. The number of ether oxygens (including phenoxy) is 2. The zero-order valence-electron chi connectivity index (χ0n) is 18.4. The first kappa shape index (κ1) is 23.7. The quantitative estimate of drug-likeness (QED) is 0.664. The number of carbonyl (C=O) groups is 2. The summed E-state index contributed by atoms with van der Waals surface area (Å²) in [6, 6.07) is 4.50. The molecule has 172 valence electrons. The van der Waals surface area contributed by atoms with Crippen LogP contribution in [0.4, 0.5) is 0 Å². The first-order valence-electron chi connectivity index (χ1n) is 10.8. The molecule has 1 aliphatic carbocycles. The summed E-state index contributed by atoms with van der Waals surface area (Å²) in [5, 5.41) is 2.96. The SMILES string of the molecule is Cc1ccc(C(=O)OCC(=O)N[C@@H]2CCC[C@@H](C)[C@H]2C)cc1S(=O)(=O)N1CCOCC1. The molecule has 1 N–H and O–H groups in total. The molecule has 1 saturated heterocycles. The predicted molar refractivity (Wildman–Crippen MR) is 115 cm³/mol. The topological polar surface area (TPSA) is 102 Å². The number of carbonyl (C=O) groups excluding carboxylic acids is 2. The highest BCUT2D eigenvalue weighted by Gasteiger charge is 2.30. The molecule has 8 nitrogen and oxygen atoms in total. The van der Waals surface area contributed by atoms with Gasteiger partial charge in [-0.1, -0.05) is 32.8 Å². The first-order valence-corrected chi connectivity index (χ1v) is 12.3. The summed E-state index contributed by atoms with van der Waals surface area (Å²) in [7, 11) is -3.74. The van der Waals surface area contributed by atoms with Gasteiger partial charge in [0.05, 0.1) is 23.7 Å². The largest absolute Gasteiger partial charge is 0.452 e. The van der Waals surface area contributed by atoms with Gasteiger partial charge in [-0.2, -0.15) is 4.31 Å². The molecule has 9 heteroatoms. The third-order valence-electron chi connectivity index (χ3n) is 6.40. The van der Waals surface area contributed by atoms with Crippen LogP contribution in [-0.4, -0.2) is 63.6 Å². The first-order chi connectivity index (χ1) is 14.7. The van der Waals surface area contributed by atoms with Crippen molar-refractivity contribution in [3.05, 3.63) is 29.3 Å². The molecule has 1 amide bonds. The summed E-state index contributed by atoms with van der Waals surface area (Å²) in [6.45, 7) is 6.83. The summed E-state index contributed by atoms with van der Waals surface area (Å²) >= 11 is 0. The zero-order chi connectivity index (χ0) is 22.6. The van der Waals surface area contributed by atoms with E-state index in [2.05, 4.69) is 19.2 Å². The number of amides is 1. The van der Waals surface area contributed by atoms with Gasteiger partial charge in [0.1, 0.15) is 0 Å². The molecule has 0 radical (unpaired) electrons. The molecular formula is C22H32N2O6S. The maximum Gasteiger partial charge on any atom is 0.338 e. The van der Waals surface area contributed by atoms with Crippen LogP contribution >= 0.6 is 0 Å². The van der Waals surface area contributed by atoms with E-state index in [9.17, 15) is 18.0 Å². The van der Waals surface area contributed by atoms with Crippen molar-refractivity contribution in [3.63, 3.8) is 0 Å². The van der Waals surface area contributed by atoms with Crippen LogP contribution in [0.2, 0.25) is 0 Å². The number of hydrogen-bond donors (Lipinski definition) is 1. The molecule has 2 aliphatic rings. The summed E-state index contributed by atoms with van der Waals surface area (Å²) in [5.41, 5.74) is 0.645. The standard InChI is InChI=1S/C22H32N2O6S/c1-15-5-4-6-19(17(15)3)23-21(25)14-30-22(26)18-8-7-16(2)20(13-18)31(27,28)24-9-11-29-12-10-24/h7-8,13,15,17,19H,4-6,9-12,14H2,1-3H3,(H,23,25)/t15-,17-,19-/m1/s1. The van der Waals surface area contributed by atoms with Gasteiger partial charge in [0, 0.05) is 19.1 Å². The fraction of sp³-hybridized carbons (Fsp3) is 0.636. The van der Waals surface area contributed by atoms with Crippen molar-refractivity contribution in [2.45, 2.75) is 51.0 Å². The predicted octanol–water partition coefficient (Wildman–Crippen LogP) is 2.11. The third-order valence-corrected chi connectivity index (χ3v) is 8.44. The van der Waals surface area contributed by atoms with Gasteiger partial charge in [-0.3, -0.25) is 4.79 Å². The molecule has 1 saturated carbocycles. The highest BCUT2D eigenvalue weighted by molar-refractivity contribution is 7.89. The van der Waals surface area contributed by atoms with E-state index in [0.29, 0.717) is 30.6 Å². The van der Waals surface area contributed by atoms with Crippen molar-refractivity contribution >= 4 is 21.9 Å². The third kappa shape index (κ3) is 5.64. The maximum atomic E-state index is 13.0. The van der Waals surface area contributed by atoms with Crippen LogP contribution in [0.25, 0.3) is 0 Å². The lowest BCUT2D eigenvalue weighted by atomic mass is 9.78. The van der Waals surface area contributed by atoms with Crippen LogP contribution in [0.1, 0.15) is 49.0 Å². The van der Waals surface area contributed by atoms with E-state index < -0.39 is 22.6 Å². The number of nitrogens with zero attached hydrogens (tertiary/aromatic N) is 1. The van der Waals surface area contributed by atoms with Crippen molar-refractivity contribution < 1.29 is 27.5 Å². The van der Waals surface area contributed by atoms with Gasteiger partial charge in [-0.25, -0.2) is 13.2 Å². The zero-order valence-corrected chi connectivity index (χ0v) is 19.2. The lowest BCUT2D eigenvalue weighted by molar-refractivity contribution is -0.125. The van der Waals surface area contributed by atoms with Crippen molar-refractivity contribution in [2.75, 3.05) is 32.9 Å². The molecule has 0 unspecified atom stereocenters. The number of esters is 1. The summed E-state index contributed by atoms with van der Waals surface area (Å²) in [5.74, 6) is -0.148. The monoisotopic (exact) mass is 452 g/mol. The molecular weight excluding hydrogens is 420 g/mol. The minimum Gasteiger partial charge on any atom is -0.452 e. The average molecular weight is 453 g/mol. The fourth-order valence-electron chi connectivity index (χ4n) is 4.18. The van der Waals surface area contributed by atoms with Crippen LogP contribution < -0.4 is 5.32 Å². The van der Waals surface area contributed by atoms with E-state index in [4.69, 9.17) is 9.47 Å². The number of benzene rings is 1. The lowest BCUT2D eigenvalue weighted by Gasteiger charge is -2.34. The van der Waals surface area contributed by atoms with E-state index in [0.717, 1.165) is 19.3 Å². The molecule has 1 aromatic rings. The average Bonchev–Trinajstić information content (AvgIpc) is 2.76. The van der Waals surface area contributed by atoms with Crippen molar-refractivity contribution in [1.29, 1.82) is 0 Å². The second kappa shape index (κ2) is 10.1. The van der Waals surface area contributed by atoms with Crippen LogP contribution in [0.3, 0.4) is 0 Å². The van der Waals surface area contributed by atoms with Gasteiger partial charge >= 0.3 is 5.97 Å². The number of aryl methyl sites for hydroxylation is 1. The van der Waals surface area contributed by atoms with E-state index in [1.54, 1.807) is 13.0 Å². The lowest BCUT2D eigenvalue weighted by Crippen LogP contribution is -2.45. The van der Waals surface area contributed by atoms with Crippen LogP contribution in [0.15, 0.2) is 23.1 Å². The molecule has 3 atom stereocenters. The fourth-order valence-corrected chi connectivity index (χ4v) is 5.84. The van der Waals surface area contributed by atoms with Crippen LogP contribution in [0, 0.1) is 18.8 Å². The van der Waals surface area contributed by atoms with Crippen molar-refractivity contribution in [1.82, 2.24) is 9.62 Å². The van der Waals surface area contributed by atoms with E-state index >= 15 is 0 Å². The van der Waals surface area contributed by atoms with Gasteiger partial charge in [0.2, 0.25) is 10.0 Å². The highest BCUT2D eigenvalue weighted by atomic mass is 32.2. The van der Waals surface area contributed by atoms with E-state index in [1.807, 2.05) is 0 Å². The highest BCUT2D eigenvalue weighted by Crippen LogP contribution is 2.29. The molecule has 0 bridgehead atoms. The van der Waals surface area contributed by atoms with Crippen LogP contribution in [-0.2, 0) is 24.3 Å². The molecule has 1 aliphatic heterocycles. The maximum absolute atomic E-state index is 13.0. The molecule has 0 aromatic heterocycles. The normalized spacial score (nSPS) is 25.1. The minimum atomic E-state index is -3.74. The Labute approximate surface area is 184 Å². The Balaban J connectivity index is 1.63. The Kier molecular flexibility index (Phi) is 7.72. The van der Waals surface area contributed by atoms with Gasteiger partial charge < -0.3 is 14.8 Å². The van der Waals surface area contributed by atoms with Crippen molar-refractivity contribution in [3.8, 4) is 0 Å². The van der Waals surface area contributed by atoms with Crippen molar-refractivity contribution in [2.24, 2.45) is 11.8 Å². The molecule has 2 fully saturated rings.